The van der Waals surface area contributed by atoms with E-state index in [0.29, 0.717) is 26.1 Å². The molecule has 0 aliphatic rings. The van der Waals surface area contributed by atoms with Crippen LogP contribution in [0.15, 0.2) is 72.9 Å². The maximum atomic E-state index is 12.0. The number of hydrogen-bond acceptors (Lipinski definition) is 4. The fraction of sp³-hybridized carbons (Fsp3) is 0.650. The summed E-state index contributed by atoms with van der Waals surface area (Å²) in [7, 11) is 0. The predicted octanol–water partition coefficient (Wildman–Crippen LogP) is 11.9. The van der Waals surface area contributed by atoms with E-state index >= 15 is 0 Å². The maximum Gasteiger partial charge on any atom is 0.305 e. The zero-order chi connectivity index (χ0) is 32.2. The molecule has 0 fully saturated rings. The molecule has 0 aromatic rings. The van der Waals surface area contributed by atoms with Crippen LogP contribution < -0.4 is 0 Å². The molecule has 44 heavy (non-hydrogen) atoms. The minimum Gasteiger partial charge on any atom is -0.465 e. The van der Waals surface area contributed by atoms with Crippen molar-refractivity contribution in [3.8, 4) is 0 Å². The van der Waals surface area contributed by atoms with E-state index in [1.165, 1.54) is 25.7 Å². The average molecular weight is 611 g/mol. The first kappa shape index (κ1) is 41.4. The second-order valence-corrected chi connectivity index (χ2v) is 11.7. The van der Waals surface area contributed by atoms with E-state index < -0.39 is 0 Å². The number of carbonyl (C=O) groups excluding carboxylic acids is 2. The Hall–Kier alpha value is -2.62. The molecule has 0 aliphatic heterocycles. The second-order valence-electron chi connectivity index (χ2n) is 11.7. The third-order valence-electron chi connectivity index (χ3n) is 7.12. The molecule has 0 unspecified atom stereocenters. The van der Waals surface area contributed by atoms with Gasteiger partial charge < -0.3 is 9.47 Å². The van der Waals surface area contributed by atoms with Crippen molar-refractivity contribution in [2.75, 3.05) is 13.2 Å². The predicted molar refractivity (Wildman–Crippen MR) is 190 cm³/mol. The van der Waals surface area contributed by atoms with E-state index in [9.17, 15) is 9.59 Å². The summed E-state index contributed by atoms with van der Waals surface area (Å²) in [4.78, 5) is 24.1. The Bertz CT molecular complexity index is 762. The fourth-order valence-corrected chi connectivity index (χ4v) is 4.44. The van der Waals surface area contributed by atoms with Gasteiger partial charge in [-0.25, -0.2) is 0 Å². The van der Waals surface area contributed by atoms with E-state index in [0.717, 1.165) is 89.9 Å². The molecule has 0 bridgehead atoms. The Morgan fingerprint density at radius 2 is 0.773 bits per heavy atom. The van der Waals surface area contributed by atoms with Crippen LogP contribution >= 0.6 is 0 Å². The smallest absolute Gasteiger partial charge is 0.305 e. The standard InChI is InChI=1S/C40H66O4/c1-4-6-8-10-12-14-16-18-20-22-24-26-28-30-32-34-39(41)43-36-38(3)37-44-40(42)35-33-31-29-27-25-23-21-19-17-15-13-11-9-7-5-2/h6-9,12-15,18-21,38H,4-5,10-11,16-17,22-37H2,1-3H3/b8-6-,9-7-,14-12-,15-13-,20-18-,21-19-. The summed E-state index contributed by atoms with van der Waals surface area (Å²) < 4.78 is 10.8. The first-order valence-corrected chi connectivity index (χ1v) is 17.8. The molecule has 0 spiro atoms. The van der Waals surface area contributed by atoms with Crippen molar-refractivity contribution < 1.29 is 19.1 Å². The lowest BCUT2D eigenvalue weighted by molar-refractivity contribution is -0.148. The Balaban J connectivity index is 3.53. The number of allylic oxidation sites excluding steroid dienone is 12. The highest BCUT2D eigenvalue weighted by molar-refractivity contribution is 5.69. The Kier molecular flexibility index (Phi) is 32.8. The van der Waals surface area contributed by atoms with Crippen LogP contribution in [-0.4, -0.2) is 25.2 Å². The van der Waals surface area contributed by atoms with Crippen molar-refractivity contribution >= 4 is 11.9 Å². The first-order chi connectivity index (χ1) is 21.6. The zero-order valence-corrected chi connectivity index (χ0v) is 28.7. The first-order valence-electron chi connectivity index (χ1n) is 17.8. The maximum absolute atomic E-state index is 12.0. The van der Waals surface area contributed by atoms with Gasteiger partial charge in [0.1, 0.15) is 0 Å². The van der Waals surface area contributed by atoms with Crippen LogP contribution in [0.3, 0.4) is 0 Å². The van der Waals surface area contributed by atoms with Crippen molar-refractivity contribution in [2.45, 2.75) is 149 Å². The Labute approximate surface area is 271 Å². The van der Waals surface area contributed by atoms with Gasteiger partial charge in [0, 0.05) is 18.8 Å². The summed E-state index contributed by atoms with van der Waals surface area (Å²) in [5.74, 6) is -0.273. The lowest BCUT2D eigenvalue weighted by Crippen LogP contribution is -2.18. The molecule has 0 heterocycles. The van der Waals surface area contributed by atoms with Crippen LogP contribution in [0.25, 0.3) is 0 Å². The van der Waals surface area contributed by atoms with Gasteiger partial charge in [0.05, 0.1) is 13.2 Å². The third-order valence-corrected chi connectivity index (χ3v) is 7.12. The number of ether oxygens (including phenoxy) is 2. The quantitative estimate of drug-likeness (QED) is 0.0461. The molecule has 4 heteroatoms. The lowest BCUT2D eigenvalue weighted by atomic mass is 10.1. The average Bonchev–Trinajstić information content (AvgIpc) is 3.02. The van der Waals surface area contributed by atoms with Crippen molar-refractivity contribution in [1.29, 1.82) is 0 Å². The van der Waals surface area contributed by atoms with E-state index in [-0.39, 0.29) is 17.9 Å². The highest BCUT2D eigenvalue weighted by Crippen LogP contribution is 2.11. The van der Waals surface area contributed by atoms with E-state index in [1.807, 2.05) is 6.92 Å². The van der Waals surface area contributed by atoms with Crippen LogP contribution in [0.1, 0.15) is 149 Å². The van der Waals surface area contributed by atoms with E-state index in [4.69, 9.17) is 9.47 Å². The molecule has 0 rings (SSSR count). The van der Waals surface area contributed by atoms with Crippen LogP contribution in [0.5, 0.6) is 0 Å². The molecular weight excluding hydrogens is 544 g/mol. The van der Waals surface area contributed by atoms with Crippen molar-refractivity contribution in [3.05, 3.63) is 72.9 Å². The van der Waals surface area contributed by atoms with Gasteiger partial charge >= 0.3 is 11.9 Å². The van der Waals surface area contributed by atoms with Crippen molar-refractivity contribution in [1.82, 2.24) is 0 Å². The molecule has 0 aromatic carbocycles. The topological polar surface area (TPSA) is 52.6 Å². The molecule has 0 atom stereocenters. The molecule has 0 N–H and O–H groups in total. The monoisotopic (exact) mass is 610 g/mol. The van der Waals surface area contributed by atoms with E-state index in [2.05, 4.69) is 86.8 Å². The van der Waals surface area contributed by atoms with Gasteiger partial charge in [0.25, 0.3) is 0 Å². The SMILES string of the molecule is CC/C=C\C/C=C\C/C=C\CCCCCCCC(=O)OCC(C)COC(=O)CCCCCCC/C=C\C/C=C\C/C=C\CC. The van der Waals surface area contributed by atoms with Gasteiger partial charge in [-0.2, -0.15) is 0 Å². The van der Waals surface area contributed by atoms with Crippen molar-refractivity contribution in [3.63, 3.8) is 0 Å². The van der Waals surface area contributed by atoms with Gasteiger partial charge in [-0.05, 0) is 77.0 Å². The van der Waals surface area contributed by atoms with Crippen LogP contribution in [0.2, 0.25) is 0 Å². The van der Waals surface area contributed by atoms with Gasteiger partial charge in [-0.15, -0.1) is 0 Å². The fourth-order valence-electron chi connectivity index (χ4n) is 4.44. The Morgan fingerprint density at radius 3 is 1.16 bits per heavy atom. The molecule has 4 nitrogen and oxygen atoms in total. The molecule has 0 aromatic heterocycles. The number of carbonyl (C=O) groups is 2. The third kappa shape index (κ3) is 33.9. The van der Waals surface area contributed by atoms with Crippen molar-refractivity contribution in [2.24, 2.45) is 5.92 Å². The summed E-state index contributed by atoms with van der Waals surface area (Å²) in [6, 6.07) is 0. The zero-order valence-electron chi connectivity index (χ0n) is 28.7. The minimum atomic E-state index is -0.146. The summed E-state index contributed by atoms with van der Waals surface area (Å²) in [6.45, 7) is 6.88. The molecule has 0 aliphatic carbocycles. The number of rotatable bonds is 30. The molecule has 0 radical (unpaired) electrons. The summed E-state index contributed by atoms with van der Waals surface area (Å²) in [5.41, 5.74) is 0. The highest BCUT2D eigenvalue weighted by atomic mass is 16.5. The van der Waals surface area contributed by atoms with Gasteiger partial charge in [0.2, 0.25) is 0 Å². The number of unbranched alkanes of at least 4 members (excludes halogenated alkanes) is 10. The molecule has 250 valence electrons. The minimum absolute atomic E-state index is 0.0192. The van der Waals surface area contributed by atoms with Gasteiger partial charge in [-0.1, -0.05) is 132 Å². The summed E-state index contributed by atoms with van der Waals surface area (Å²) in [6.07, 6.45) is 47.2. The van der Waals surface area contributed by atoms with Crippen LogP contribution in [0.4, 0.5) is 0 Å². The molecule has 0 saturated heterocycles. The van der Waals surface area contributed by atoms with Crippen LogP contribution in [-0.2, 0) is 19.1 Å². The molecular formula is C40H66O4. The lowest BCUT2D eigenvalue weighted by Gasteiger charge is -2.13. The molecule has 0 saturated carbocycles. The van der Waals surface area contributed by atoms with Crippen LogP contribution in [0, 0.1) is 5.92 Å². The summed E-state index contributed by atoms with van der Waals surface area (Å²) >= 11 is 0. The molecule has 0 amide bonds. The Morgan fingerprint density at radius 1 is 0.455 bits per heavy atom. The number of hydrogen-bond donors (Lipinski definition) is 0. The largest absolute Gasteiger partial charge is 0.465 e. The number of esters is 2. The van der Waals surface area contributed by atoms with Gasteiger partial charge in [0.15, 0.2) is 0 Å². The normalized spacial score (nSPS) is 12.5. The van der Waals surface area contributed by atoms with Gasteiger partial charge in [-0.3, -0.25) is 9.59 Å². The highest BCUT2D eigenvalue weighted by Gasteiger charge is 2.10. The second kappa shape index (κ2) is 34.9. The van der Waals surface area contributed by atoms with E-state index in [1.54, 1.807) is 0 Å². The summed E-state index contributed by atoms with van der Waals surface area (Å²) in [5, 5.41) is 0.